The van der Waals surface area contributed by atoms with Crippen LogP contribution in [0.3, 0.4) is 0 Å². The van der Waals surface area contributed by atoms with Crippen LogP contribution in [-0.2, 0) is 4.79 Å². The van der Waals surface area contributed by atoms with E-state index in [-0.39, 0.29) is 11.8 Å². The van der Waals surface area contributed by atoms with Crippen LogP contribution in [0.15, 0.2) is 12.1 Å². The fraction of sp³-hybridized carbons (Fsp3) is 0.556. The molecule has 25 heavy (non-hydrogen) atoms. The minimum absolute atomic E-state index is 0.0803. The summed E-state index contributed by atoms with van der Waals surface area (Å²) >= 11 is 6.22. The maximum Gasteiger partial charge on any atom is 0.251 e. The molecule has 1 aromatic carbocycles. The van der Waals surface area contributed by atoms with Crippen molar-refractivity contribution in [1.29, 1.82) is 0 Å². The highest BCUT2D eigenvalue weighted by Gasteiger charge is 2.19. The molecule has 1 heterocycles. The lowest BCUT2D eigenvalue weighted by molar-refractivity contribution is -0.129. The van der Waals surface area contributed by atoms with Gasteiger partial charge in [-0.2, -0.15) is 0 Å². The molecule has 0 spiro atoms. The SMILES string of the molecule is CCCOc1c(Cl)cc(C(=O)NCCC(=O)N2CCCC2)cc1OC. The first kappa shape index (κ1) is 19.4. The summed E-state index contributed by atoms with van der Waals surface area (Å²) in [6, 6.07) is 3.14. The number of carbonyl (C=O) groups excluding carboxylic acids is 2. The lowest BCUT2D eigenvalue weighted by Crippen LogP contribution is -2.32. The van der Waals surface area contributed by atoms with Gasteiger partial charge in [0.05, 0.1) is 18.7 Å². The van der Waals surface area contributed by atoms with Crippen molar-refractivity contribution < 1.29 is 19.1 Å². The second kappa shape index (κ2) is 9.51. The minimum atomic E-state index is -0.295. The first-order valence-electron chi connectivity index (χ1n) is 8.63. The topological polar surface area (TPSA) is 67.9 Å². The normalized spacial score (nSPS) is 13.6. The number of halogens is 1. The first-order chi connectivity index (χ1) is 12.1. The molecule has 1 aliphatic heterocycles. The van der Waals surface area contributed by atoms with Crippen molar-refractivity contribution in [3.8, 4) is 11.5 Å². The highest BCUT2D eigenvalue weighted by molar-refractivity contribution is 6.32. The Balaban J connectivity index is 1.94. The molecule has 0 unspecified atom stereocenters. The van der Waals surface area contributed by atoms with Crippen LogP contribution in [0.1, 0.15) is 43.0 Å². The Kier molecular flexibility index (Phi) is 7.37. The molecule has 0 radical (unpaired) electrons. The molecule has 2 amide bonds. The van der Waals surface area contributed by atoms with Crippen molar-refractivity contribution in [2.75, 3.05) is 33.4 Å². The molecule has 0 atom stereocenters. The van der Waals surface area contributed by atoms with E-state index in [1.54, 1.807) is 12.1 Å². The summed E-state index contributed by atoms with van der Waals surface area (Å²) in [5.74, 6) is 0.638. The van der Waals surface area contributed by atoms with Gasteiger partial charge < -0.3 is 19.7 Å². The molecule has 2 rings (SSSR count). The number of carbonyl (C=O) groups is 2. The summed E-state index contributed by atoms with van der Waals surface area (Å²) < 4.78 is 10.8. The highest BCUT2D eigenvalue weighted by Crippen LogP contribution is 2.36. The standard InChI is InChI=1S/C18H25ClN2O4/c1-3-10-25-17-14(19)11-13(12-15(17)24-2)18(23)20-7-6-16(22)21-8-4-5-9-21/h11-12H,3-10H2,1-2H3,(H,20,23). The second-order valence-corrected chi connectivity index (χ2v) is 6.34. The number of hydrogen-bond acceptors (Lipinski definition) is 4. The largest absolute Gasteiger partial charge is 0.493 e. The van der Waals surface area contributed by atoms with Crippen LogP contribution in [0.4, 0.5) is 0 Å². The number of nitrogens with one attached hydrogen (secondary N) is 1. The van der Waals surface area contributed by atoms with Gasteiger partial charge in [0.25, 0.3) is 5.91 Å². The Morgan fingerprint density at radius 3 is 2.64 bits per heavy atom. The zero-order valence-corrected chi connectivity index (χ0v) is 15.5. The number of likely N-dealkylation sites (tertiary alicyclic amines) is 1. The third-order valence-corrected chi connectivity index (χ3v) is 4.31. The Labute approximate surface area is 153 Å². The third-order valence-electron chi connectivity index (χ3n) is 4.03. The van der Waals surface area contributed by atoms with Gasteiger partial charge in [-0.25, -0.2) is 0 Å². The Morgan fingerprint density at radius 1 is 1.28 bits per heavy atom. The summed E-state index contributed by atoms with van der Waals surface area (Å²) in [5, 5.41) is 3.08. The van der Waals surface area contributed by atoms with Crippen molar-refractivity contribution >= 4 is 23.4 Å². The lowest BCUT2D eigenvalue weighted by atomic mass is 10.2. The van der Waals surface area contributed by atoms with Crippen molar-refractivity contribution in [1.82, 2.24) is 10.2 Å². The van der Waals surface area contributed by atoms with E-state index in [0.29, 0.717) is 41.7 Å². The monoisotopic (exact) mass is 368 g/mol. The van der Waals surface area contributed by atoms with Crippen LogP contribution in [0.5, 0.6) is 11.5 Å². The van der Waals surface area contributed by atoms with Crippen molar-refractivity contribution in [3.05, 3.63) is 22.7 Å². The maximum absolute atomic E-state index is 12.3. The van der Waals surface area contributed by atoms with Crippen LogP contribution in [-0.4, -0.2) is 50.1 Å². The molecule has 0 aromatic heterocycles. The van der Waals surface area contributed by atoms with Gasteiger partial charge in [0.2, 0.25) is 5.91 Å². The number of hydrogen-bond donors (Lipinski definition) is 1. The van der Waals surface area contributed by atoms with Crippen LogP contribution in [0, 0.1) is 0 Å². The molecule has 1 aromatic rings. The quantitative estimate of drug-likeness (QED) is 0.766. The Hall–Kier alpha value is -1.95. The lowest BCUT2D eigenvalue weighted by Gasteiger charge is -2.16. The number of methoxy groups -OCH3 is 1. The van der Waals surface area contributed by atoms with E-state index < -0.39 is 0 Å². The van der Waals surface area contributed by atoms with E-state index in [2.05, 4.69) is 5.32 Å². The number of nitrogens with zero attached hydrogens (tertiary/aromatic N) is 1. The van der Waals surface area contributed by atoms with E-state index in [1.807, 2.05) is 11.8 Å². The van der Waals surface area contributed by atoms with Gasteiger partial charge in [0.1, 0.15) is 0 Å². The number of benzene rings is 1. The summed E-state index contributed by atoms with van der Waals surface area (Å²) in [6.45, 7) is 4.44. The molecule has 0 saturated carbocycles. The zero-order chi connectivity index (χ0) is 18.2. The van der Waals surface area contributed by atoms with Crippen molar-refractivity contribution in [2.45, 2.75) is 32.6 Å². The Morgan fingerprint density at radius 2 is 2.00 bits per heavy atom. The molecule has 0 bridgehead atoms. The summed E-state index contributed by atoms with van der Waals surface area (Å²) in [5.41, 5.74) is 0.374. The molecule has 1 N–H and O–H groups in total. The average molecular weight is 369 g/mol. The molecule has 7 heteroatoms. The van der Waals surface area contributed by atoms with Gasteiger partial charge in [-0.3, -0.25) is 9.59 Å². The summed E-state index contributed by atoms with van der Waals surface area (Å²) in [7, 11) is 1.50. The van der Waals surface area contributed by atoms with E-state index in [1.165, 1.54) is 7.11 Å². The third kappa shape index (κ3) is 5.26. The number of rotatable bonds is 8. The molecular weight excluding hydrogens is 344 g/mol. The maximum atomic E-state index is 12.3. The molecular formula is C18H25ClN2O4. The van der Waals surface area contributed by atoms with Crippen LogP contribution >= 0.6 is 11.6 Å². The van der Waals surface area contributed by atoms with Gasteiger partial charge in [-0.1, -0.05) is 18.5 Å². The van der Waals surface area contributed by atoms with E-state index in [4.69, 9.17) is 21.1 Å². The molecule has 1 aliphatic rings. The van der Waals surface area contributed by atoms with Gasteiger partial charge in [-0.05, 0) is 31.4 Å². The first-order valence-corrected chi connectivity index (χ1v) is 9.01. The van der Waals surface area contributed by atoms with E-state index >= 15 is 0 Å². The number of ether oxygens (including phenoxy) is 2. The predicted octanol–water partition coefficient (Wildman–Crippen LogP) is 2.88. The molecule has 1 fully saturated rings. The van der Waals surface area contributed by atoms with Crippen LogP contribution in [0.25, 0.3) is 0 Å². The van der Waals surface area contributed by atoms with Gasteiger partial charge in [0, 0.05) is 31.6 Å². The van der Waals surface area contributed by atoms with Crippen molar-refractivity contribution in [3.63, 3.8) is 0 Å². The average Bonchev–Trinajstić information content (AvgIpc) is 3.14. The molecule has 6 nitrogen and oxygen atoms in total. The predicted molar refractivity (Wildman–Crippen MR) is 96.6 cm³/mol. The number of amides is 2. The van der Waals surface area contributed by atoms with Crippen LogP contribution in [0.2, 0.25) is 5.02 Å². The molecule has 138 valence electrons. The smallest absolute Gasteiger partial charge is 0.251 e. The highest BCUT2D eigenvalue weighted by atomic mass is 35.5. The molecule has 1 saturated heterocycles. The van der Waals surface area contributed by atoms with Crippen LogP contribution < -0.4 is 14.8 Å². The summed E-state index contributed by atoms with van der Waals surface area (Å²) in [6.07, 6.45) is 3.26. The fourth-order valence-electron chi connectivity index (χ4n) is 2.70. The fourth-order valence-corrected chi connectivity index (χ4v) is 2.97. The molecule has 0 aliphatic carbocycles. The van der Waals surface area contributed by atoms with Gasteiger partial charge in [0.15, 0.2) is 11.5 Å². The van der Waals surface area contributed by atoms with E-state index in [9.17, 15) is 9.59 Å². The van der Waals surface area contributed by atoms with E-state index in [0.717, 1.165) is 32.4 Å². The Bertz CT molecular complexity index is 615. The zero-order valence-electron chi connectivity index (χ0n) is 14.8. The summed E-state index contributed by atoms with van der Waals surface area (Å²) in [4.78, 5) is 26.1. The second-order valence-electron chi connectivity index (χ2n) is 5.93. The van der Waals surface area contributed by atoms with Gasteiger partial charge >= 0.3 is 0 Å². The van der Waals surface area contributed by atoms with Gasteiger partial charge in [-0.15, -0.1) is 0 Å². The minimum Gasteiger partial charge on any atom is -0.493 e. The van der Waals surface area contributed by atoms with Crippen molar-refractivity contribution in [2.24, 2.45) is 0 Å².